The molecule has 0 aliphatic heterocycles. The molecular weight excluding hydrogens is 538 g/mol. The first kappa shape index (κ1) is 30.0. The van der Waals surface area contributed by atoms with E-state index < -0.39 is 28.5 Å². The van der Waals surface area contributed by atoms with Gasteiger partial charge in [0.2, 0.25) is 11.8 Å². The van der Waals surface area contributed by atoms with Crippen LogP contribution in [-0.4, -0.2) is 51.4 Å². The van der Waals surface area contributed by atoms with Crippen LogP contribution in [0.15, 0.2) is 77.7 Å². The monoisotopic (exact) mass is 571 g/mol. The largest absolute Gasteiger partial charge is 0.492 e. The molecule has 0 unspecified atom stereocenters. The SMILES string of the molecule is CCOc1ccccc1N(CC(=O)N(Cc1ccc(C)cc1)[C@@H](CC)C(=O)NC)S(=O)(=O)c1ccc(Cl)cc1. The van der Waals surface area contributed by atoms with Crippen LogP contribution in [0.2, 0.25) is 5.02 Å². The molecule has 0 aliphatic rings. The third-order valence-electron chi connectivity index (χ3n) is 6.22. The zero-order valence-corrected chi connectivity index (χ0v) is 24.1. The Bertz CT molecular complexity index is 1380. The molecule has 0 bridgehead atoms. The second-order valence-corrected chi connectivity index (χ2v) is 11.2. The Labute approximate surface area is 235 Å². The smallest absolute Gasteiger partial charge is 0.264 e. The van der Waals surface area contributed by atoms with Gasteiger partial charge in [-0.25, -0.2) is 8.42 Å². The number of nitrogens with zero attached hydrogens (tertiary/aromatic N) is 2. The van der Waals surface area contributed by atoms with Crippen LogP contribution < -0.4 is 14.4 Å². The average molecular weight is 572 g/mol. The summed E-state index contributed by atoms with van der Waals surface area (Å²) >= 11 is 6.00. The Kier molecular flexibility index (Phi) is 10.4. The number of para-hydroxylation sites is 2. The van der Waals surface area contributed by atoms with Gasteiger partial charge in [0.15, 0.2) is 0 Å². The summed E-state index contributed by atoms with van der Waals surface area (Å²) in [4.78, 5) is 28.2. The van der Waals surface area contributed by atoms with Crippen LogP contribution in [0, 0.1) is 6.92 Å². The van der Waals surface area contributed by atoms with E-state index in [1.807, 2.05) is 38.1 Å². The normalized spacial score (nSPS) is 11.9. The van der Waals surface area contributed by atoms with Gasteiger partial charge >= 0.3 is 0 Å². The van der Waals surface area contributed by atoms with E-state index in [0.29, 0.717) is 23.8 Å². The second kappa shape index (κ2) is 13.5. The number of hydrogen-bond acceptors (Lipinski definition) is 5. The van der Waals surface area contributed by atoms with Gasteiger partial charge in [-0.2, -0.15) is 0 Å². The van der Waals surface area contributed by atoms with Crippen LogP contribution in [-0.2, 0) is 26.2 Å². The van der Waals surface area contributed by atoms with E-state index >= 15 is 0 Å². The summed E-state index contributed by atoms with van der Waals surface area (Å²) < 4.78 is 34.7. The average Bonchev–Trinajstić information content (AvgIpc) is 2.93. The number of ether oxygens (including phenoxy) is 1. The van der Waals surface area contributed by atoms with Crippen molar-refractivity contribution < 1.29 is 22.7 Å². The van der Waals surface area contributed by atoms with Gasteiger partial charge in [0.05, 0.1) is 17.2 Å². The summed E-state index contributed by atoms with van der Waals surface area (Å²) in [5.74, 6) is -0.552. The van der Waals surface area contributed by atoms with Crippen molar-refractivity contribution >= 4 is 39.1 Å². The molecule has 0 saturated carbocycles. The quantitative estimate of drug-likeness (QED) is 0.337. The van der Waals surface area contributed by atoms with Crippen molar-refractivity contribution in [1.29, 1.82) is 0 Å². The van der Waals surface area contributed by atoms with Crippen molar-refractivity contribution in [3.05, 3.63) is 88.9 Å². The zero-order chi connectivity index (χ0) is 28.6. The molecule has 0 heterocycles. The van der Waals surface area contributed by atoms with Crippen LogP contribution >= 0.6 is 11.6 Å². The summed E-state index contributed by atoms with van der Waals surface area (Å²) in [5, 5.41) is 3.00. The number of hydrogen-bond donors (Lipinski definition) is 1. The Morgan fingerprint density at radius 3 is 2.21 bits per heavy atom. The molecule has 1 N–H and O–H groups in total. The summed E-state index contributed by atoms with van der Waals surface area (Å²) in [6, 6.07) is 19.2. The topological polar surface area (TPSA) is 96.0 Å². The maximum absolute atomic E-state index is 14.0. The van der Waals surface area contributed by atoms with Crippen molar-refractivity contribution in [2.24, 2.45) is 0 Å². The molecule has 0 fully saturated rings. The minimum atomic E-state index is -4.23. The van der Waals surface area contributed by atoms with Crippen LogP contribution in [0.3, 0.4) is 0 Å². The van der Waals surface area contributed by atoms with Crippen molar-refractivity contribution in [2.45, 2.75) is 44.7 Å². The lowest BCUT2D eigenvalue weighted by molar-refractivity contribution is -0.140. The van der Waals surface area contributed by atoms with Gasteiger partial charge in [0.25, 0.3) is 10.0 Å². The molecule has 3 aromatic carbocycles. The molecule has 39 heavy (non-hydrogen) atoms. The van der Waals surface area contributed by atoms with Crippen molar-refractivity contribution in [2.75, 3.05) is 24.5 Å². The fourth-order valence-corrected chi connectivity index (χ4v) is 5.71. The van der Waals surface area contributed by atoms with Crippen molar-refractivity contribution in [3.63, 3.8) is 0 Å². The number of carbonyl (C=O) groups excluding carboxylic acids is 2. The molecule has 10 heteroatoms. The van der Waals surface area contributed by atoms with Crippen LogP contribution in [0.5, 0.6) is 5.75 Å². The molecule has 0 aromatic heterocycles. The van der Waals surface area contributed by atoms with Crippen LogP contribution in [0.25, 0.3) is 0 Å². The highest BCUT2D eigenvalue weighted by Gasteiger charge is 2.34. The molecule has 208 valence electrons. The predicted molar refractivity (Wildman–Crippen MR) is 153 cm³/mol. The number of amides is 2. The van der Waals surface area contributed by atoms with E-state index in [1.54, 1.807) is 31.2 Å². The standard InChI is InChI=1S/C29H34ClN3O5S/c1-5-25(29(35)31-4)32(19-22-13-11-21(3)12-14-22)28(34)20-33(26-9-7-8-10-27(26)38-6-2)39(36,37)24-17-15-23(30)16-18-24/h7-18,25H,5-6,19-20H2,1-4H3,(H,31,35)/t25-/m0/s1. The van der Waals surface area contributed by atoms with Crippen LogP contribution in [0.1, 0.15) is 31.4 Å². The minimum absolute atomic E-state index is 0.0329. The maximum Gasteiger partial charge on any atom is 0.264 e. The fourth-order valence-electron chi connectivity index (χ4n) is 4.16. The molecule has 8 nitrogen and oxygen atoms in total. The molecule has 2 amide bonds. The van der Waals surface area contributed by atoms with Crippen molar-refractivity contribution in [3.8, 4) is 5.75 Å². The Balaban J connectivity index is 2.10. The number of sulfonamides is 1. The lowest BCUT2D eigenvalue weighted by Gasteiger charge is -2.33. The maximum atomic E-state index is 14.0. The van der Waals surface area contributed by atoms with Gasteiger partial charge < -0.3 is 15.0 Å². The van der Waals surface area contributed by atoms with Crippen LogP contribution in [0.4, 0.5) is 5.69 Å². The Morgan fingerprint density at radius 1 is 0.974 bits per heavy atom. The molecule has 0 spiro atoms. The molecule has 0 radical (unpaired) electrons. The number of benzene rings is 3. The van der Waals surface area contributed by atoms with Gasteiger partial charge in [-0.15, -0.1) is 0 Å². The van der Waals surface area contributed by atoms with Crippen molar-refractivity contribution in [1.82, 2.24) is 10.2 Å². The van der Waals surface area contributed by atoms with E-state index in [4.69, 9.17) is 16.3 Å². The summed E-state index contributed by atoms with van der Waals surface area (Å²) in [7, 11) is -2.72. The van der Waals surface area contributed by atoms with Gasteiger partial charge in [0, 0.05) is 18.6 Å². The first-order valence-electron chi connectivity index (χ1n) is 12.7. The molecule has 0 saturated heterocycles. The molecule has 3 aromatic rings. The number of nitrogens with one attached hydrogen (secondary N) is 1. The number of rotatable bonds is 12. The summed E-state index contributed by atoms with van der Waals surface area (Å²) in [5.41, 5.74) is 2.09. The predicted octanol–water partition coefficient (Wildman–Crippen LogP) is 4.80. The fraction of sp³-hybridized carbons (Fsp3) is 0.310. The van der Waals surface area contributed by atoms with Gasteiger partial charge in [-0.1, -0.05) is 60.5 Å². The summed E-state index contributed by atoms with van der Waals surface area (Å²) in [6.07, 6.45) is 0.344. The number of halogens is 1. The number of aryl methyl sites for hydroxylation is 1. The van der Waals surface area contributed by atoms with Gasteiger partial charge in [-0.3, -0.25) is 13.9 Å². The molecule has 1 atom stereocenters. The third kappa shape index (κ3) is 7.30. The van der Waals surface area contributed by atoms with E-state index in [1.165, 1.54) is 36.2 Å². The highest BCUT2D eigenvalue weighted by molar-refractivity contribution is 7.92. The number of carbonyl (C=O) groups is 2. The Morgan fingerprint density at radius 2 is 1.62 bits per heavy atom. The van der Waals surface area contributed by atoms with Gasteiger partial charge in [-0.05, 0) is 62.2 Å². The number of likely N-dealkylation sites (N-methyl/N-ethyl adjacent to an activating group) is 1. The first-order chi connectivity index (χ1) is 18.6. The van der Waals surface area contributed by atoms with E-state index in [2.05, 4.69) is 5.32 Å². The van der Waals surface area contributed by atoms with E-state index in [-0.39, 0.29) is 23.0 Å². The number of anilines is 1. The lowest BCUT2D eigenvalue weighted by Crippen LogP contribution is -2.51. The summed E-state index contributed by atoms with van der Waals surface area (Å²) in [6.45, 7) is 5.44. The van der Waals surface area contributed by atoms with E-state index in [0.717, 1.165) is 15.4 Å². The second-order valence-electron chi connectivity index (χ2n) is 8.91. The highest BCUT2D eigenvalue weighted by atomic mass is 35.5. The third-order valence-corrected chi connectivity index (χ3v) is 8.25. The highest BCUT2D eigenvalue weighted by Crippen LogP contribution is 2.33. The first-order valence-corrected chi connectivity index (χ1v) is 14.5. The van der Waals surface area contributed by atoms with E-state index in [9.17, 15) is 18.0 Å². The molecule has 0 aliphatic carbocycles. The lowest BCUT2D eigenvalue weighted by atomic mass is 10.1. The molecule has 3 rings (SSSR count). The Hall–Kier alpha value is -3.56. The van der Waals surface area contributed by atoms with Gasteiger partial charge in [0.1, 0.15) is 18.3 Å². The zero-order valence-electron chi connectivity index (χ0n) is 22.6. The molecular formula is C29H34ClN3O5S. The minimum Gasteiger partial charge on any atom is -0.492 e.